The number of carbonyl (C=O) groups is 1. The largest absolute Gasteiger partial charge is 0.497 e. The second-order valence-electron chi connectivity index (χ2n) is 4.55. The van der Waals surface area contributed by atoms with E-state index < -0.39 is 0 Å². The van der Waals surface area contributed by atoms with E-state index in [1.54, 1.807) is 43.3 Å². The van der Waals surface area contributed by atoms with Gasteiger partial charge in [0.1, 0.15) is 5.75 Å². The summed E-state index contributed by atoms with van der Waals surface area (Å²) in [6, 6.07) is 9.03. The molecular weight excluding hydrogens is 254 g/mol. The van der Waals surface area contributed by atoms with E-state index in [0.29, 0.717) is 12.1 Å². The quantitative estimate of drug-likeness (QED) is 0.839. The number of amides is 1. The molecule has 2 aromatic rings. The summed E-state index contributed by atoms with van der Waals surface area (Å²) in [5.41, 5.74) is 1.53. The zero-order valence-corrected chi connectivity index (χ0v) is 12.0. The van der Waals surface area contributed by atoms with Gasteiger partial charge < -0.3 is 9.64 Å². The SMILES string of the molecule is CCn1ccc(CN(C)C(=O)c2ccc(OC)cc2)n1. The molecule has 0 saturated carbocycles. The Morgan fingerprint density at radius 1 is 1.30 bits per heavy atom. The molecule has 0 radical (unpaired) electrons. The van der Waals surface area contributed by atoms with Gasteiger partial charge >= 0.3 is 0 Å². The van der Waals surface area contributed by atoms with Gasteiger partial charge in [0.25, 0.3) is 5.91 Å². The summed E-state index contributed by atoms with van der Waals surface area (Å²) in [6.07, 6.45) is 1.92. The first-order valence-corrected chi connectivity index (χ1v) is 6.56. The van der Waals surface area contributed by atoms with Gasteiger partial charge in [-0.05, 0) is 37.3 Å². The average molecular weight is 273 g/mol. The van der Waals surface area contributed by atoms with Crippen LogP contribution in [0.1, 0.15) is 23.0 Å². The number of aromatic nitrogens is 2. The first-order chi connectivity index (χ1) is 9.63. The average Bonchev–Trinajstić information content (AvgIpc) is 2.94. The zero-order valence-electron chi connectivity index (χ0n) is 12.0. The second-order valence-corrected chi connectivity index (χ2v) is 4.55. The van der Waals surface area contributed by atoms with Gasteiger partial charge in [-0.25, -0.2) is 0 Å². The van der Waals surface area contributed by atoms with Gasteiger partial charge in [0.05, 0.1) is 19.3 Å². The van der Waals surface area contributed by atoms with E-state index in [0.717, 1.165) is 18.0 Å². The summed E-state index contributed by atoms with van der Waals surface area (Å²) >= 11 is 0. The second kappa shape index (κ2) is 6.23. The van der Waals surface area contributed by atoms with Crippen molar-refractivity contribution in [2.75, 3.05) is 14.2 Å². The number of rotatable bonds is 5. The van der Waals surface area contributed by atoms with Crippen molar-refractivity contribution in [1.82, 2.24) is 14.7 Å². The summed E-state index contributed by atoms with van der Waals surface area (Å²) in [7, 11) is 3.38. The van der Waals surface area contributed by atoms with Crippen LogP contribution in [0.15, 0.2) is 36.5 Å². The molecule has 1 amide bonds. The first kappa shape index (κ1) is 14.1. The molecule has 5 heteroatoms. The molecule has 0 N–H and O–H groups in total. The molecule has 0 spiro atoms. The van der Waals surface area contributed by atoms with Crippen LogP contribution in [-0.2, 0) is 13.1 Å². The minimum Gasteiger partial charge on any atom is -0.497 e. The van der Waals surface area contributed by atoms with Gasteiger partial charge in [0, 0.05) is 25.4 Å². The van der Waals surface area contributed by atoms with Crippen molar-refractivity contribution in [3.05, 3.63) is 47.8 Å². The summed E-state index contributed by atoms with van der Waals surface area (Å²) in [5.74, 6) is 0.713. The van der Waals surface area contributed by atoms with Crippen molar-refractivity contribution >= 4 is 5.91 Å². The van der Waals surface area contributed by atoms with Gasteiger partial charge in [0.15, 0.2) is 0 Å². The van der Waals surface area contributed by atoms with E-state index >= 15 is 0 Å². The fraction of sp³-hybridized carbons (Fsp3) is 0.333. The highest BCUT2D eigenvalue weighted by Crippen LogP contribution is 2.13. The van der Waals surface area contributed by atoms with E-state index in [9.17, 15) is 4.79 Å². The molecule has 0 aliphatic heterocycles. The van der Waals surface area contributed by atoms with Crippen LogP contribution in [0.5, 0.6) is 5.75 Å². The molecule has 0 saturated heterocycles. The molecule has 0 unspecified atom stereocenters. The van der Waals surface area contributed by atoms with Crippen LogP contribution in [0.3, 0.4) is 0 Å². The van der Waals surface area contributed by atoms with Crippen molar-refractivity contribution in [2.24, 2.45) is 0 Å². The van der Waals surface area contributed by atoms with Crippen LogP contribution in [0, 0.1) is 0 Å². The van der Waals surface area contributed by atoms with Crippen LogP contribution in [-0.4, -0.2) is 34.7 Å². The smallest absolute Gasteiger partial charge is 0.253 e. The molecule has 0 fully saturated rings. The fourth-order valence-electron chi connectivity index (χ4n) is 1.93. The number of hydrogen-bond donors (Lipinski definition) is 0. The molecule has 0 bridgehead atoms. The molecular formula is C15H19N3O2. The Morgan fingerprint density at radius 3 is 2.55 bits per heavy atom. The van der Waals surface area contributed by atoms with Crippen LogP contribution >= 0.6 is 0 Å². The van der Waals surface area contributed by atoms with Crippen LogP contribution in [0.2, 0.25) is 0 Å². The number of ether oxygens (including phenoxy) is 1. The lowest BCUT2D eigenvalue weighted by Gasteiger charge is -2.16. The lowest BCUT2D eigenvalue weighted by Crippen LogP contribution is -2.26. The third-order valence-electron chi connectivity index (χ3n) is 3.10. The maximum Gasteiger partial charge on any atom is 0.253 e. The molecule has 1 aromatic heterocycles. The number of hydrogen-bond acceptors (Lipinski definition) is 3. The molecule has 1 heterocycles. The van der Waals surface area contributed by atoms with Gasteiger partial charge in [0.2, 0.25) is 0 Å². The minimum atomic E-state index is -0.0290. The van der Waals surface area contributed by atoms with Gasteiger partial charge in [-0.15, -0.1) is 0 Å². The maximum absolute atomic E-state index is 12.3. The monoisotopic (exact) mass is 273 g/mol. The Kier molecular flexibility index (Phi) is 4.40. The molecule has 2 rings (SSSR count). The normalized spacial score (nSPS) is 10.3. The van der Waals surface area contributed by atoms with E-state index in [4.69, 9.17) is 4.74 Å². The first-order valence-electron chi connectivity index (χ1n) is 6.56. The highest BCUT2D eigenvalue weighted by atomic mass is 16.5. The van der Waals surface area contributed by atoms with Crippen molar-refractivity contribution < 1.29 is 9.53 Å². The lowest BCUT2D eigenvalue weighted by atomic mass is 10.2. The Labute approximate surface area is 118 Å². The molecule has 5 nitrogen and oxygen atoms in total. The topological polar surface area (TPSA) is 47.4 Å². The predicted octanol–water partition coefficient (Wildman–Crippen LogP) is 2.18. The van der Waals surface area contributed by atoms with Crippen LogP contribution in [0.4, 0.5) is 0 Å². The highest BCUT2D eigenvalue weighted by Gasteiger charge is 2.13. The van der Waals surface area contributed by atoms with E-state index in [1.165, 1.54) is 0 Å². The molecule has 0 aliphatic rings. The summed E-state index contributed by atoms with van der Waals surface area (Å²) in [6.45, 7) is 3.36. The van der Waals surface area contributed by atoms with E-state index in [-0.39, 0.29) is 5.91 Å². The molecule has 0 aliphatic carbocycles. The Hall–Kier alpha value is -2.30. The lowest BCUT2D eigenvalue weighted by molar-refractivity contribution is 0.0783. The van der Waals surface area contributed by atoms with Gasteiger partial charge in [-0.3, -0.25) is 9.48 Å². The van der Waals surface area contributed by atoms with Gasteiger partial charge in [-0.2, -0.15) is 5.10 Å². The standard InChI is InChI=1S/C15H19N3O2/c1-4-18-10-9-13(16-18)11-17(2)15(19)12-5-7-14(20-3)8-6-12/h5-10H,4,11H2,1-3H3. The Morgan fingerprint density at radius 2 is 2.00 bits per heavy atom. The molecule has 20 heavy (non-hydrogen) atoms. The summed E-state index contributed by atoms with van der Waals surface area (Å²) < 4.78 is 6.93. The third-order valence-corrected chi connectivity index (χ3v) is 3.10. The number of carbonyl (C=O) groups excluding carboxylic acids is 1. The maximum atomic E-state index is 12.3. The number of methoxy groups -OCH3 is 1. The summed E-state index contributed by atoms with van der Waals surface area (Å²) in [5, 5.41) is 4.37. The Balaban J connectivity index is 2.03. The van der Waals surface area contributed by atoms with Gasteiger partial charge in [-0.1, -0.05) is 0 Å². The third kappa shape index (κ3) is 3.17. The molecule has 106 valence electrons. The van der Waals surface area contributed by atoms with Crippen molar-refractivity contribution in [3.8, 4) is 5.75 Å². The predicted molar refractivity (Wildman–Crippen MR) is 76.7 cm³/mol. The minimum absolute atomic E-state index is 0.0290. The molecule has 1 aromatic carbocycles. The molecule has 0 atom stereocenters. The van der Waals surface area contributed by atoms with E-state index in [2.05, 4.69) is 5.10 Å². The van der Waals surface area contributed by atoms with Crippen LogP contribution < -0.4 is 4.74 Å². The van der Waals surface area contributed by atoms with Crippen molar-refractivity contribution in [3.63, 3.8) is 0 Å². The Bertz CT molecular complexity index is 575. The van der Waals surface area contributed by atoms with Crippen molar-refractivity contribution in [2.45, 2.75) is 20.0 Å². The summed E-state index contributed by atoms with van der Waals surface area (Å²) in [4.78, 5) is 13.9. The highest BCUT2D eigenvalue weighted by molar-refractivity contribution is 5.94. The zero-order chi connectivity index (χ0) is 14.5. The number of benzene rings is 1. The van der Waals surface area contributed by atoms with Crippen LogP contribution in [0.25, 0.3) is 0 Å². The number of aryl methyl sites for hydroxylation is 1. The number of nitrogens with zero attached hydrogens (tertiary/aromatic N) is 3. The van der Waals surface area contributed by atoms with Crippen molar-refractivity contribution in [1.29, 1.82) is 0 Å². The van der Waals surface area contributed by atoms with E-state index in [1.807, 2.05) is 23.9 Å². The fourth-order valence-corrected chi connectivity index (χ4v) is 1.93.